The van der Waals surface area contributed by atoms with Crippen LogP contribution < -0.4 is 5.56 Å². The van der Waals surface area contributed by atoms with E-state index in [9.17, 15) is 4.79 Å². The molecule has 7 nitrogen and oxygen atoms in total. The zero-order valence-corrected chi connectivity index (χ0v) is 21.6. The standard InChI is InChI=1S/C29H36N6O/c1-4-10-26(28-31-32-33-35(28)18-22-11-6-5-7-12-22)34(25-13-8-9-14-25)19-24-17-23-16-20(2)15-21(3)27(23)30-29(24)36/h5-7,11-12,15-17,25-26H,4,8-10,13-14,18-19H2,1-3H3,(H,30,36). The summed E-state index contributed by atoms with van der Waals surface area (Å²) in [5.74, 6) is 0.886. The van der Waals surface area contributed by atoms with Crippen LogP contribution in [0.1, 0.15) is 79.6 Å². The molecule has 1 N–H and O–H groups in total. The number of pyridine rings is 1. The molecule has 0 amide bonds. The molecule has 36 heavy (non-hydrogen) atoms. The van der Waals surface area contributed by atoms with Gasteiger partial charge in [-0.3, -0.25) is 9.69 Å². The van der Waals surface area contributed by atoms with Crippen molar-refractivity contribution < 1.29 is 0 Å². The molecule has 0 saturated heterocycles. The first-order valence-corrected chi connectivity index (χ1v) is 13.2. The van der Waals surface area contributed by atoms with Crippen LogP contribution in [0.4, 0.5) is 0 Å². The topological polar surface area (TPSA) is 79.7 Å². The molecule has 0 aliphatic heterocycles. The highest BCUT2D eigenvalue weighted by atomic mass is 16.1. The van der Waals surface area contributed by atoms with E-state index in [1.54, 1.807) is 0 Å². The second-order valence-corrected chi connectivity index (χ2v) is 10.3. The van der Waals surface area contributed by atoms with Crippen molar-refractivity contribution >= 4 is 10.9 Å². The molecule has 1 saturated carbocycles. The zero-order valence-electron chi connectivity index (χ0n) is 21.6. The minimum Gasteiger partial charge on any atom is -0.321 e. The van der Waals surface area contributed by atoms with Gasteiger partial charge in [0.2, 0.25) is 0 Å². The third kappa shape index (κ3) is 5.12. The fourth-order valence-corrected chi connectivity index (χ4v) is 5.81. The number of benzene rings is 2. The Morgan fingerprint density at radius 2 is 1.89 bits per heavy atom. The number of hydrogen-bond acceptors (Lipinski definition) is 5. The predicted octanol–water partition coefficient (Wildman–Crippen LogP) is 5.47. The summed E-state index contributed by atoms with van der Waals surface area (Å²) in [6.07, 6.45) is 6.69. The third-order valence-corrected chi connectivity index (χ3v) is 7.51. The van der Waals surface area contributed by atoms with Crippen LogP contribution in [0.5, 0.6) is 0 Å². The van der Waals surface area contributed by atoms with Crippen LogP contribution in [0.3, 0.4) is 0 Å². The van der Waals surface area contributed by atoms with Crippen molar-refractivity contribution in [1.29, 1.82) is 0 Å². The molecule has 0 spiro atoms. The minimum absolute atomic E-state index is 0.00317. The molecular formula is C29H36N6O. The molecule has 0 radical (unpaired) electrons. The van der Waals surface area contributed by atoms with E-state index in [2.05, 4.69) is 76.5 Å². The Labute approximate surface area is 212 Å². The molecule has 2 heterocycles. The average molecular weight is 485 g/mol. The molecule has 5 rings (SSSR count). The Morgan fingerprint density at radius 1 is 1.11 bits per heavy atom. The summed E-state index contributed by atoms with van der Waals surface area (Å²) in [6.45, 7) is 7.59. The van der Waals surface area contributed by atoms with E-state index in [0.717, 1.165) is 53.5 Å². The second-order valence-electron chi connectivity index (χ2n) is 10.3. The van der Waals surface area contributed by atoms with Crippen LogP contribution in [0.25, 0.3) is 10.9 Å². The van der Waals surface area contributed by atoms with E-state index in [4.69, 9.17) is 0 Å². The van der Waals surface area contributed by atoms with Crippen LogP contribution in [0, 0.1) is 13.8 Å². The number of fused-ring (bicyclic) bond motifs is 1. The van der Waals surface area contributed by atoms with Gasteiger partial charge in [-0.1, -0.05) is 68.1 Å². The first kappa shape index (κ1) is 24.4. The van der Waals surface area contributed by atoms with Gasteiger partial charge in [0.05, 0.1) is 18.1 Å². The Morgan fingerprint density at radius 3 is 2.64 bits per heavy atom. The highest BCUT2D eigenvalue weighted by molar-refractivity contribution is 5.82. The maximum Gasteiger partial charge on any atom is 0.252 e. The summed E-state index contributed by atoms with van der Waals surface area (Å²) in [5.41, 5.74) is 5.21. The van der Waals surface area contributed by atoms with Gasteiger partial charge in [-0.2, -0.15) is 0 Å². The lowest BCUT2D eigenvalue weighted by molar-refractivity contribution is 0.108. The van der Waals surface area contributed by atoms with Crippen LogP contribution >= 0.6 is 0 Å². The number of rotatable bonds is 9. The Bertz CT molecular complexity index is 1370. The molecule has 2 aromatic carbocycles. The second kappa shape index (κ2) is 10.7. The normalized spacial score (nSPS) is 15.2. The summed E-state index contributed by atoms with van der Waals surface area (Å²) in [7, 11) is 0. The molecule has 1 unspecified atom stereocenters. The fourth-order valence-electron chi connectivity index (χ4n) is 5.81. The Kier molecular flexibility index (Phi) is 7.28. The maximum absolute atomic E-state index is 13.3. The summed E-state index contributed by atoms with van der Waals surface area (Å²) in [4.78, 5) is 19.0. The monoisotopic (exact) mass is 484 g/mol. The van der Waals surface area contributed by atoms with Crippen LogP contribution in [-0.4, -0.2) is 36.1 Å². The summed E-state index contributed by atoms with van der Waals surface area (Å²) < 4.78 is 1.94. The number of hydrogen-bond donors (Lipinski definition) is 1. The van der Waals surface area contributed by atoms with Gasteiger partial charge in [0.25, 0.3) is 5.56 Å². The summed E-state index contributed by atoms with van der Waals surface area (Å²) in [6, 6.07) is 17.2. The molecule has 2 aromatic heterocycles. The van der Waals surface area contributed by atoms with Crippen molar-refractivity contribution in [2.45, 2.75) is 84.5 Å². The van der Waals surface area contributed by atoms with Crippen molar-refractivity contribution in [2.75, 3.05) is 0 Å². The number of nitrogens with zero attached hydrogens (tertiary/aromatic N) is 5. The van der Waals surface area contributed by atoms with Gasteiger partial charge >= 0.3 is 0 Å². The van der Waals surface area contributed by atoms with Gasteiger partial charge in [0.15, 0.2) is 5.82 Å². The lowest BCUT2D eigenvalue weighted by Crippen LogP contribution is -2.39. The molecule has 1 aliphatic rings. The lowest BCUT2D eigenvalue weighted by atomic mass is 10.0. The zero-order chi connectivity index (χ0) is 25.1. The van der Waals surface area contributed by atoms with Crippen molar-refractivity contribution in [2.24, 2.45) is 0 Å². The first-order chi connectivity index (χ1) is 17.5. The van der Waals surface area contributed by atoms with Gasteiger partial charge in [-0.15, -0.1) is 5.10 Å². The predicted molar refractivity (Wildman–Crippen MR) is 143 cm³/mol. The summed E-state index contributed by atoms with van der Waals surface area (Å²) >= 11 is 0. The SMILES string of the molecule is CCCC(c1nnnn1Cc1ccccc1)N(Cc1cc2cc(C)cc(C)c2[nH]c1=O)C1CCCC1. The number of aromatic amines is 1. The molecular weight excluding hydrogens is 448 g/mol. The van der Waals surface area contributed by atoms with Gasteiger partial charge in [-0.05, 0) is 72.2 Å². The van der Waals surface area contributed by atoms with Gasteiger partial charge < -0.3 is 4.98 Å². The summed E-state index contributed by atoms with van der Waals surface area (Å²) in [5, 5.41) is 14.1. The number of nitrogens with one attached hydrogen (secondary N) is 1. The van der Waals surface area contributed by atoms with Crippen molar-refractivity contribution in [3.8, 4) is 0 Å². The molecule has 188 valence electrons. The minimum atomic E-state index is -0.00317. The van der Waals surface area contributed by atoms with Crippen molar-refractivity contribution in [3.05, 3.63) is 87.0 Å². The van der Waals surface area contributed by atoms with Crippen molar-refractivity contribution in [3.63, 3.8) is 0 Å². The lowest BCUT2D eigenvalue weighted by Gasteiger charge is -2.35. The Balaban J connectivity index is 1.53. The number of tetrazole rings is 1. The Hall–Kier alpha value is -3.32. The van der Waals surface area contributed by atoms with Gasteiger partial charge in [0.1, 0.15) is 0 Å². The first-order valence-electron chi connectivity index (χ1n) is 13.2. The fraction of sp³-hybridized carbons (Fsp3) is 0.448. The molecule has 1 aliphatic carbocycles. The largest absolute Gasteiger partial charge is 0.321 e. The maximum atomic E-state index is 13.3. The molecule has 4 aromatic rings. The molecule has 1 atom stereocenters. The number of H-pyrrole nitrogens is 1. The van der Waals surface area contributed by atoms with E-state index in [1.807, 2.05) is 22.9 Å². The van der Waals surface area contributed by atoms with E-state index >= 15 is 0 Å². The number of aromatic nitrogens is 5. The van der Waals surface area contributed by atoms with Gasteiger partial charge in [0, 0.05) is 18.2 Å². The van der Waals surface area contributed by atoms with Crippen LogP contribution in [-0.2, 0) is 13.1 Å². The molecule has 0 bridgehead atoms. The van der Waals surface area contributed by atoms with E-state index in [1.165, 1.54) is 24.0 Å². The molecule has 7 heteroatoms. The van der Waals surface area contributed by atoms with E-state index in [0.29, 0.717) is 19.1 Å². The smallest absolute Gasteiger partial charge is 0.252 e. The quantitative estimate of drug-likeness (QED) is 0.341. The highest BCUT2D eigenvalue weighted by Gasteiger charge is 2.33. The third-order valence-electron chi connectivity index (χ3n) is 7.51. The van der Waals surface area contributed by atoms with E-state index in [-0.39, 0.29) is 11.6 Å². The molecule has 1 fully saturated rings. The van der Waals surface area contributed by atoms with Crippen LogP contribution in [0.2, 0.25) is 0 Å². The highest BCUT2D eigenvalue weighted by Crippen LogP contribution is 2.34. The number of aryl methyl sites for hydroxylation is 2. The van der Waals surface area contributed by atoms with Gasteiger partial charge in [-0.25, -0.2) is 4.68 Å². The average Bonchev–Trinajstić information content (AvgIpc) is 3.55. The van der Waals surface area contributed by atoms with Crippen LogP contribution in [0.15, 0.2) is 53.3 Å². The van der Waals surface area contributed by atoms with Crippen molar-refractivity contribution in [1.82, 2.24) is 30.1 Å². The van der Waals surface area contributed by atoms with E-state index < -0.39 is 0 Å².